The van der Waals surface area contributed by atoms with Crippen LogP contribution >= 0.6 is 39.1 Å². The maximum atomic E-state index is 13.0. The average Bonchev–Trinajstić information content (AvgIpc) is 3.61. The lowest BCUT2D eigenvalue weighted by Gasteiger charge is -2.38. The Bertz CT molecular complexity index is 2460. The maximum Gasteiger partial charge on any atom is 0.262 e. The molecule has 0 N–H and O–H groups in total. The molecule has 2 aromatic carbocycles. The highest BCUT2D eigenvalue weighted by Crippen LogP contribution is 2.42. The van der Waals surface area contributed by atoms with Crippen LogP contribution in [-0.4, -0.2) is 60.4 Å². The van der Waals surface area contributed by atoms with Gasteiger partial charge in [-0.2, -0.15) is 0 Å². The number of rotatable bonds is 7. The van der Waals surface area contributed by atoms with Crippen LogP contribution in [0.4, 0.5) is 5.82 Å². The van der Waals surface area contributed by atoms with E-state index in [2.05, 4.69) is 57.4 Å². The molecule has 1 unspecified atom stereocenters. The molecule has 2 saturated heterocycles. The number of hydrogen-bond donors (Lipinski definition) is 0. The van der Waals surface area contributed by atoms with Crippen LogP contribution in [0.5, 0.6) is 0 Å². The van der Waals surface area contributed by atoms with Gasteiger partial charge < -0.3 is 23.3 Å². The molecule has 0 radical (unpaired) electrons. The van der Waals surface area contributed by atoms with Crippen molar-refractivity contribution in [1.82, 2.24) is 33.6 Å². The van der Waals surface area contributed by atoms with E-state index in [0.717, 1.165) is 40.1 Å². The molecular weight excluding hydrogens is 795 g/mol. The first kappa shape index (κ1) is 37.7. The maximum absolute atomic E-state index is 13.0. The molecule has 2 fully saturated rings. The number of piperidine rings is 1. The summed E-state index contributed by atoms with van der Waals surface area (Å²) in [5, 5.41) is 1.66. The second kappa shape index (κ2) is 14.9. The lowest BCUT2D eigenvalue weighted by Crippen LogP contribution is -2.43. The van der Waals surface area contributed by atoms with E-state index >= 15 is 0 Å². The fraction of sp³-hybridized carbons (Fsp3) is 0.421. The summed E-state index contributed by atoms with van der Waals surface area (Å²) in [6.07, 6.45) is 11.8. The number of aryl methyl sites for hydroxylation is 2. The molecule has 3 atom stereocenters. The average molecular weight is 839 g/mol. The lowest BCUT2D eigenvalue weighted by atomic mass is 9.92. The van der Waals surface area contributed by atoms with E-state index in [1.807, 2.05) is 29.1 Å². The van der Waals surface area contributed by atoms with Gasteiger partial charge in [-0.3, -0.25) is 9.59 Å². The fourth-order valence-electron chi connectivity index (χ4n) is 7.51. The molecule has 15 heteroatoms. The molecule has 2 aliphatic heterocycles. The minimum Gasteiger partial charge on any atom is -0.361 e. The van der Waals surface area contributed by atoms with Gasteiger partial charge in [0.25, 0.3) is 11.1 Å². The van der Waals surface area contributed by atoms with E-state index in [1.165, 1.54) is 47.5 Å². The molecule has 0 amide bonds. The summed E-state index contributed by atoms with van der Waals surface area (Å²) in [5.74, 6) is 1.69. The third kappa shape index (κ3) is 7.43. The van der Waals surface area contributed by atoms with Crippen molar-refractivity contribution >= 4 is 86.0 Å². The van der Waals surface area contributed by atoms with Crippen LogP contribution in [0.1, 0.15) is 32.6 Å². The Morgan fingerprint density at radius 2 is 1.47 bits per heavy atom. The third-order valence-corrected chi connectivity index (χ3v) is 13.7. The van der Waals surface area contributed by atoms with Crippen LogP contribution in [0.2, 0.25) is 35.7 Å². The number of nitrogens with zero attached hydrogens (tertiary/aromatic N) is 8. The Labute approximate surface area is 327 Å². The molecule has 2 aliphatic rings. The Morgan fingerprint density at radius 3 is 2.09 bits per heavy atom. The van der Waals surface area contributed by atoms with Gasteiger partial charge in [0.05, 0.1) is 50.7 Å². The number of benzene rings is 2. The highest BCUT2D eigenvalue weighted by atomic mass is 79.9. The number of aromatic nitrogens is 7. The van der Waals surface area contributed by atoms with Crippen molar-refractivity contribution < 1.29 is 4.74 Å². The smallest absolute Gasteiger partial charge is 0.262 e. The molecule has 278 valence electrons. The molecule has 2 bridgehead atoms. The van der Waals surface area contributed by atoms with E-state index in [0.29, 0.717) is 61.7 Å². The van der Waals surface area contributed by atoms with Crippen LogP contribution in [-0.2, 0) is 25.6 Å². The first-order valence-electron chi connectivity index (χ1n) is 17.9. The van der Waals surface area contributed by atoms with E-state index in [4.69, 9.17) is 37.9 Å². The largest absolute Gasteiger partial charge is 0.361 e. The zero-order chi connectivity index (χ0) is 37.8. The second-order valence-corrected chi connectivity index (χ2v) is 22.8. The van der Waals surface area contributed by atoms with E-state index in [1.54, 1.807) is 26.2 Å². The zero-order valence-corrected chi connectivity index (χ0v) is 34.8. The SMILES string of the molecule is CC1C[C@H]2CC[C@@H](C1)N2c1cnc2c(-c3ccc4ncn(C)c(=O)c4c3Cl)cn(COCC[Si](C)(C)C)c2n1.Cn1cnc2ccc(Br)c(Cl)c2c1=O. The number of ether oxygens (including phenoxy) is 1. The van der Waals surface area contributed by atoms with Crippen molar-refractivity contribution in [2.24, 2.45) is 20.0 Å². The number of hydrogen-bond acceptors (Lipinski definition) is 8. The van der Waals surface area contributed by atoms with Crippen molar-refractivity contribution in [3.8, 4) is 11.1 Å². The molecule has 0 saturated carbocycles. The van der Waals surface area contributed by atoms with E-state index in [9.17, 15) is 9.59 Å². The standard InChI is InChI=1S/C29H37ClN6O2Si.C9H6BrClN2O/c1-18-12-19-6-7-20(13-18)36(19)24-14-31-27-22(15-35(28(27)33-24)17-38-10-11-39(3,4)5)21-8-9-23-25(26(21)30)29(37)34(2)16-32-23;1-13-4-12-6-3-2-5(10)8(11)7(6)9(13)14/h8-9,14-16,18-20H,6-7,10-13,17H2,1-5H3;2-4H,1H3/t18?,19-,20+;. The van der Waals surface area contributed by atoms with Gasteiger partial charge >= 0.3 is 0 Å². The first-order valence-corrected chi connectivity index (χ1v) is 23.1. The minimum atomic E-state index is -1.21. The van der Waals surface area contributed by atoms with Crippen LogP contribution in [0, 0.1) is 5.92 Å². The van der Waals surface area contributed by atoms with Gasteiger partial charge in [0.1, 0.15) is 18.1 Å². The molecule has 6 aromatic rings. The van der Waals surface area contributed by atoms with Crippen LogP contribution in [0.15, 0.2) is 63.4 Å². The molecule has 0 spiro atoms. The molecule has 0 aliphatic carbocycles. The predicted molar refractivity (Wildman–Crippen MR) is 220 cm³/mol. The van der Waals surface area contributed by atoms with Gasteiger partial charge in [0, 0.05) is 62.7 Å². The van der Waals surface area contributed by atoms with Gasteiger partial charge in [-0.1, -0.05) is 55.8 Å². The monoisotopic (exact) mass is 836 g/mol. The summed E-state index contributed by atoms with van der Waals surface area (Å²) >= 11 is 16.2. The van der Waals surface area contributed by atoms with Crippen LogP contribution in [0.25, 0.3) is 44.1 Å². The normalized spacial score (nSPS) is 18.6. The topological polar surface area (TPSA) is 113 Å². The number of halogens is 3. The lowest BCUT2D eigenvalue weighted by molar-refractivity contribution is 0.0899. The zero-order valence-electron chi connectivity index (χ0n) is 30.7. The van der Waals surface area contributed by atoms with Crippen molar-refractivity contribution in [2.45, 2.75) is 77.1 Å². The number of anilines is 1. The summed E-state index contributed by atoms with van der Waals surface area (Å²) in [7, 11) is 2.12. The van der Waals surface area contributed by atoms with Crippen molar-refractivity contribution in [2.75, 3.05) is 11.5 Å². The summed E-state index contributed by atoms with van der Waals surface area (Å²) in [6, 6.07) is 9.45. The van der Waals surface area contributed by atoms with Crippen LogP contribution in [0.3, 0.4) is 0 Å². The first-order chi connectivity index (χ1) is 25.2. The molecule has 8 rings (SSSR count). The highest BCUT2D eigenvalue weighted by Gasteiger charge is 2.40. The van der Waals surface area contributed by atoms with E-state index in [-0.39, 0.29) is 11.1 Å². The van der Waals surface area contributed by atoms with Gasteiger partial charge in [0.2, 0.25) is 0 Å². The molecule has 53 heavy (non-hydrogen) atoms. The van der Waals surface area contributed by atoms with Crippen LogP contribution < -0.4 is 16.0 Å². The number of fused-ring (bicyclic) bond motifs is 5. The summed E-state index contributed by atoms with van der Waals surface area (Å²) in [6.45, 7) is 10.5. The van der Waals surface area contributed by atoms with Crippen molar-refractivity contribution in [3.63, 3.8) is 0 Å². The molecular formula is C38H43BrCl2N8O3Si. The fourth-order valence-corrected chi connectivity index (χ4v) is 9.18. The third-order valence-electron chi connectivity index (χ3n) is 10.3. The minimum absolute atomic E-state index is 0.138. The Balaban J connectivity index is 0.000000260. The van der Waals surface area contributed by atoms with Gasteiger partial charge in [-0.15, -0.1) is 0 Å². The summed E-state index contributed by atoms with van der Waals surface area (Å²) in [5.41, 5.74) is 4.00. The van der Waals surface area contributed by atoms with Gasteiger partial charge in [-0.05, 0) is 71.8 Å². The summed E-state index contributed by atoms with van der Waals surface area (Å²) in [4.78, 5) is 45.8. The highest BCUT2D eigenvalue weighted by molar-refractivity contribution is 9.10. The quantitative estimate of drug-likeness (QED) is 0.116. The molecule has 6 heterocycles. The molecule has 11 nitrogen and oxygen atoms in total. The Morgan fingerprint density at radius 1 is 0.868 bits per heavy atom. The van der Waals surface area contributed by atoms with Crippen molar-refractivity contribution in [3.05, 3.63) is 84.5 Å². The Kier molecular flexibility index (Phi) is 10.6. The predicted octanol–water partition coefficient (Wildman–Crippen LogP) is 8.43. The van der Waals surface area contributed by atoms with Gasteiger partial charge in [0.15, 0.2) is 5.65 Å². The summed E-state index contributed by atoms with van der Waals surface area (Å²) < 4.78 is 11.8. The molecule has 4 aromatic heterocycles. The van der Waals surface area contributed by atoms with Crippen molar-refractivity contribution in [1.29, 1.82) is 0 Å². The Hall–Kier alpha value is -3.62. The van der Waals surface area contributed by atoms with E-state index < -0.39 is 8.07 Å². The second-order valence-electron chi connectivity index (χ2n) is 15.5. The van der Waals surface area contributed by atoms with Gasteiger partial charge in [-0.25, -0.2) is 19.9 Å².